The summed E-state index contributed by atoms with van der Waals surface area (Å²) in [6.45, 7) is 2.98. The maximum absolute atomic E-state index is 10.6. The molecule has 0 spiro atoms. The fraction of sp³-hybridized carbons (Fsp3) is 0.731. The highest BCUT2D eigenvalue weighted by atomic mass is 16.5. The van der Waals surface area contributed by atoms with Crippen LogP contribution < -0.4 is 0 Å². The van der Waals surface area contributed by atoms with E-state index in [0.717, 1.165) is 75.3 Å². The summed E-state index contributed by atoms with van der Waals surface area (Å²) >= 11 is 0. The first-order valence-electron chi connectivity index (χ1n) is 12.1. The lowest BCUT2D eigenvalue weighted by Crippen LogP contribution is -2.12. The zero-order valence-electron chi connectivity index (χ0n) is 18.8. The number of hydrogen-bond acceptors (Lipinski definition) is 4. The Hall–Kier alpha value is -1.71. The van der Waals surface area contributed by atoms with Crippen molar-refractivity contribution in [2.24, 2.45) is 5.41 Å². The van der Waals surface area contributed by atoms with Gasteiger partial charge >= 0.3 is 0 Å². The van der Waals surface area contributed by atoms with E-state index in [1.165, 1.54) is 38.5 Å². The third kappa shape index (κ3) is 7.21. The van der Waals surface area contributed by atoms with E-state index in [0.29, 0.717) is 17.6 Å². The van der Waals surface area contributed by atoms with Gasteiger partial charge in [-0.1, -0.05) is 39.0 Å². The van der Waals surface area contributed by atoms with Crippen molar-refractivity contribution >= 4 is 6.47 Å². The summed E-state index contributed by atoms with van der Waals surface area (Å²) < 4.78 is 5.19. The maximum Gasteiger partial charge on any atom is 0.293 e. The molecule has 168 valence electrons. The second-order valence-electron chi connectivity index (χ2n) is 10.1. The van der Waals surface area contributed by atoms with Crippen LogP contribution in [-0.2, 0) is 22.4 Å². The van der Waals surface area contributed by atoms with Crippen LogP contribution in [0, 0.1) is 5.41 Å². The van der Waals surface area contributed by atoms with Gasteiger partial charge in [-0.3, -0.25) is 4.79 Å². The Morgan fingerprint density at radius 2 is 1.37 bits per heavy atom. The molecule has 0 heterocycles. The molecule has 0 amide bonds. The third-order valence-corrected chi connectivity index (χ3v) is 7.27. The smallest absolute Gasteiger partial charge is 0.293 e. The van der Waals surface area contributed by atoms with E-state index in [1.807, 2.05) is 0 Å². The Morgan fingerprint density at radius 3 is 1.87 bits per heavy atom. The SMILES string of the molecule is CC1(CCCCCCc2cc(O)cc(CCCCCCC3(OC=O)CC3)c2O)CC1. The van der Waals surface area contributed by atoms with Crippen LogP contribution in [0.25, 0.3) is 0 Å². The van der Waals surface area contributed by atoms with Crippen LogP contribution in [0.4, 0.5) is 0 Å². The summed E-state index contributed by atoms with van der Waals surface area (Å²) in [4.78, 5) is 10.5. The molecule has 2 N–H and O–H groups in total. The first-order valence-corrected chi connectivity index (χ1v) is 12.1. The van der Waals surface area contributed by atoms with E-state index < -0.39 is 0 Å². The summed E-state index contributed by atoms with van der Waals surface area (Å²) in [6, 6.07) is 3.44. The van der Waals surface area contributed by atoms with E-state index in [1.54, 1.807) is 12.1 Å². The lowest BCUT2D eigenvalue weighted by molar-refractivity contribution is -0.135. The number of ether oxygens (including phenoxy) is 1. The summed E-state index contributed by atoms with van der Waals surface area (Å²) in [5, 5.41) is 20.7. The number of unbranched alkanes of at least 4 members (excludes halogenated alkanes) is 6. The highest BCUT2D eigenvalue weighted by Gasteiger charge is 2.44. The minimum atomic E-state index is -0.143. The van der Waals surface area contributed by atoms with Crippen molar-refractivity contribution in [3.8, 4) is 11.5 Å². The van der Waals surface area contributed by atoms with Gasteiger partial charge in [0, 0.05) is 0 Å². The average Bonchev–Trinajstić information content (AvgIpc) is 3.63. The van der Waals surface area contributed by atoms with Gasteiger partial charge in [-0.25, -0.2) is 0 Å². The van der Waals surface area contributed by atoms with Crippen LogP contribution in [0.2, 0.25) is 0 Å². The minimum Gasteiger partial charge on any atom is -0.508 e. The Kier molecular flexibility index (Phi) is 8.07. The molecule has 0 unspecified atom stereocenters. The van der Waals surface area contributed by atoms with E-state index in [9.17, 15) is 15.0 Å². The number of rotatable bonds is 16. The number of benzene rings is 1. The van der Waals surface area contributed by atoms with E-state index >= 15 is 0 Å². The molecule has 2 saturated carbocycles. The number of phenols is 2. The molecule has 0 atom stereocenters. The van der Waals surface area contributed by atoms with Gasteiger partial charge in [-0.2, -0.15) is 0 Å². The number of aromatic hydroxyl groups is 2. The predicted molar refractivity (Wildman–Crippen MR) is 120 cm³/mol. The fourth-order valence-electron chi connectivity index (χ4n) is 4.59. The monoisotopic (exact) mass is 416 g/mol. The van der Waals surface area contributed by atoms with Crippen LogP contribution in [-0.4, -0.2) is 22.3 Å². The zero-order chi connectivity index (χ0) is 21.5. The lowest BCUT2D eigenvalue weighted by atomic mass is 9.97. The zero-order valence-corrected chi connectivity index (χ0v) is 18.8. The van der Waals surface area contributed by atoms with E-state index in [2.05, 4.69) is 6.92 Å². The van der Waals surface area contributed by atoms with Crippen LogP contribution in [0.15, 0.2) is 12.1 Å². The number of carbonyl (C=O) groups is 1. The number of aryl methyl sites for hydroxylation is 2. The van der Waals surface area contributed by atoms with Gasteiger partial charge in [0.15, 0.2) is 0 Å². The molecule has 2 fully saturated rings. The second kappa shape index (κ2) is 10.5. The van der Waals surface area contributed by atoms with Crippen molar-refractivity contribution in [1.29, 1.82) is 0 Å². The highest BCUT2D eigenvalue weighted by Crippen LogP contribution is 2.49. The first-order chi connectivity index (χ1) is 14.5. The Bertz CT molecular complexity index is 689. The highest BCUT2D eigenvalue weighted by molar-refractivity contribution is 5.46. The maximum atomic E-state index is 10.6. The van der Waals surface area contributed by atoms with Crippen LogP contribution in [0.5, 0.6) is 11.5 Å². The van der Waals surface area contributed by atoms with Crippen molar-refractivity contribution in [2.75, 3.05) is 0 Å². The average molecular weight is 417 g/mol. The Balaban J connectivity index is 1.32. The molecule has 0 aliphatic heterocycles. The summed E-state index contributed by atoms with van der Waals surface area (Å²) in [6.07, 6.45) is 17.9. The molecule has 4 heteroatoms. The van der Waals surface area contributed by atoms with Crippen LogP contribution in [0.3, 0.4) is 0 Å². The van der Waals surface area contributed by atoms with Crippen LogP contribution in [0.1, 0.15) is 108 Å². The standard InChI is InChI=1S/C26H40O4/c1-25(14-15-25)12-8-4-2-6-10-21-18-23(28)19-22(24(21)29)11-7-3-5-9-13-26(16-17-26)30-20-27/h18-20,28-29H,2-17H2,1H3. The normalized spacial score (nSPS) is 18.2. The molecular weight excluding hydrogens is 376 g/mol. The van der Waals surface area contributed by atoms with Crippen molar-refractivity contribution in [1.82, 2.24) is 0 Å². The van der Waals surface area contributed by atoms with E-state index in [4.69, 9.17) is 4.74 Å². The fourth-order valence-corrected chi connectivity index (χ4v) is 4.59. The number of carbonyl (C=O) groups excluding carboxylic acids is 1. The molecule has 3 rings (SSSR count). The second-order valence-corrected chi connectivity index (χ2v) is 10.1. The van der Waals surface area contributed by atoms with Gasteiger partial charge in [0.05, 0.1) is 0 Å². The molecule has 0 bridgehead atoms. The number of phenolic OH excluding ortho intramolecular Hbond substituents is 2. The summed E-state index contributed by atoms with van der Waals surface area (Å²) in [5.41, 5.74) is 2.27. The molecule has 0 saturated heterocycles. The first kappa shape index (κ1) is 23.0. The van der Waals surface area contributed by atoms with Gasteiger partial charge in [-0.15, -0.1) is 0 Å². The molecule has 30 heavy (non-hydrogen) atoms. The topological polar surface area (TPSA) is 66.8 Å². The molecule has 4 nitrogen and oxygen atoms in total. The van der Waals surface area contributed by atoms with Gasteiger partial charge < -0.3 is 14.9 Å². The largest absolute Gasteiger partial charge is 0.508 e. The minimum absolute atomic E-state index is 0.143. The molecule has 0 radical (unpaired) electrons. The lowest BCUT2D eigenvalue weighted by Gasteiger charge is -2.13. The van der Waals surface area contributed by atoms with Gasteiger partial charge in [0.2, 0.25) is 0 Å². The van der Waals surface area contributed by atoms with Crippen LogP contribution >= 0.6 is 0 Å². The van der Waals surface area contributed by atoms with Gasteiger partial charge in [-0.05, 0) is 99.3 Å². The van der Waals surface area contributed by atoms with Gasteiger partial charge in [0.25, 0.3) is 6.47 Å². The van der Waals surface area contributed by atoms with Crippen molar-refractivity contribution < 1.29 is 19.7 Å². The molecule has 2 aliphatic carbocycles. The Labute approximate surface area is 182 Å². The Morgan fingerprint density at radius 1 is 0.833 bits per heavy atom. The van der Waals surface area contributed by atoms with Crippen molar-refractivity contribution in [2.45, 2.75) is 115 Å². The molecule has 1 aromatic rings. The van der Waals surface area contributed by atoms with Crippen molar-refractivity contribution in [3.05, 3.63) is 23.3 Å². The van der Waals surface area contributed by atoms with Gasteiger partial charge in [0.1, 0.15) is 17.1 Å². The molecular formula is C26H40O4. The quantitative estimate of drug-likeness (QED) is 0.181. The number of hydrogen-bond donors (Lipinski definition) is 2. The molecule has 1 aromatic carbocycles. The van der Waals surface area contributed by atoms with Crippen molar-refractivity contribution in [3.63, 3.8) is 0 Å². The predicted octanol–water partition coefficient (Wildman–Crippen LogP) is 6.59. The molecule has 2 aliphatic rings. The summed E-state index contributed by atoms with van der Waals surface area (Å²) in [7, 11) is 0. The third-order valence-electron chi connectivity index (χ3n) is 7.27. The summed E-state index contributed by atoms with van der Waals surface area (Å²) in [5.74, 6) is 0.649. The molecule has 0 aromatic heterocycles. The van der Waals surface area contributed by atoms with E-state index in [-0.39, 0.29) is 11.4 Å².